The second-order valence-corrected chi connectivity index (χ2v) is 10.6. The van der Waals surface area contributed by atoms with Crippen molar-refractivity contribution in [2.45, 2.75) is 34.7 Å². The van der Waals surface area contributed by atoms with E-state index in [-0.39, 0.29) is 6.54 Å². The normalized spacial score (nSPS) is 12.3. The van der Waals surface area contributed by atoms with E-state index in [9.17, 15) is 31.2 Å². The van der Waals surface area contributed by atoms with Crippen molar-refractivity contribution in [3.8, 4) is 0 Å². The summed E-state index contributed by atoms with van der Waals surface area (Å²) in [5, 5.41) is 1.87. The van der Waals surface area contributed by atoms with E-state index in [1.165, 1.54) is 18.9 Å². The number of hydrogen-bond acceptors (Lipinski definition) is 7. The predicted octanol–water partition coefficient (Wildman–Crippen LogP) is 3.35. The van der Waals surface area contributed by atoms with Crippen LogP contribution in [0.25, 0.3) is 0 Å². The fourth-order valence-corrected chi connectivity index (χ4v) is 4.68. The molecule has 1 heterocycles. The monoisotopic (exact) mass is 490 g/mol. The molecule has 0 fully saturated rings. The van der Waals surface area contributed by atoms with Crippen LogP contribution in [0.4, 0.5) is 13.2 Å². The Morgan fingerprint density at radius 1 is 1.12 bits per heavy atom. The van der Waals surface area contributed by atoms with Gasteiger partial charge in [0.1, 0.15) is 0 Å². The molecule has 0 spiro atoms. The minimum atomic E-state index is -4.66. The van der Waals surface area contributed by atoms with Gasteiger partial charge in [-0.2, -0.15) is 13.2 Å². The Hall–Kier alpha value is -2.60. The van der Waals surface area contributed by atoms with Crippen LogP contribution in [0.15, 0.2) is 52.5 Å². The van der Waals surface area contributed by atoms with Gasteiger partial charge < -0.3 is 10.1 Å². The molecule has 2 rings (SSSR count). The number of benzene rings is 1. The van der Waals surface area contributed by atoms with Gasteiger partial charge in [-0.25, -0.2) is 18.2 Å². The number of ether oxygens (including phenoxy) is 1. The van der Waals surface area contributed by atoms with Gasteiger partial charge in [-0.05, 0) is 38.1 Å². The lowest BCUT2D eigenvalue weighted by molar-refractivity contribution is -0.137. The summed E-state index contributed by atoms with van der Waals surface area (Å²) in [5.74, 6) is -1.01. The molecule has 0 aliphatic carbocycles. The van der Waals surface area contributed by atoms with Crippen LogP contribution in [-0.4, -0.2) is 49.4 Å². The number of thioether (sulfide) groups is 1. The van der Waals surface area contributed by atoms with Crippen molar-refractivity contribution in [3.05, 3.63) is 53.7 Å². The first kappa shape index (κ1) is 25.7. The molecule has 7 nitrogen and oxygen atoms in total. The highest BCUT2D eigenvalue weighted by molar-refractivity contribution is 7.99. The zero-order valence-electron chi connectivity index (χ0n) is 17.4. The van der Waals surface area contributed by atoms with Crippen LogP contribution in [0, 0.1) is 0 Å². The maximum absolute atomic E-state index is 12.8. The smallest absolute Gasteiger partial charge is 0.417 e. The number of nitrogens with one attached hydrogen (secondary N) is 1. The number of esters is 1. The highest BCUT2D eigenvalue weighted by Crippen LogP contribution is 2.30. The number of alkyl halides is 3. The quantitative estimate of drug-likeness (QED) is 0.344. The summed E-state index contributed by atoms with van der Waals surface area (Å²) in [6.07, 6.45) is -4.25. The van der Waals surface area contributed by atoms with E-state index < -0.39 is 43.2 Å². The van der Waals surface area contributed by atoms with Gasteiger partial charge in [0.15, 0.2) is 9.77 Å². The Morgan fingerprint density at radius 2 is 1.78 bits per heavy atom. The zero-order chi connectivity index (χ0) is 24.2. The molecule has 1 amide bonds. The van der Waals surface area contributed by atoms with Gasteiger partial charge in [0.2, 0.25) is 15.7 Å². The van der Waals surface area contributed by atoms with Crippen molar-refractivity contribution in [1.82, 2.24) is 10.3 Å². The summed E-state index contributed by atoms with van der Waals surface area (Å²) >= 11 is 1.27. The number of nitrogens with zero attached hydrogens (tertiary/aromatic N) is 1. The van der Waals surface area contributed by atoms with E-state index in [0.717, 1.165) is 19.9 Å². The van der Waals surface area contributed by atoms with Crippen molar-refractivity contribution < 1.29 is 35.9 Å². The van der Waals surface area contributed by atoms with Crippen LogP contribution < -0.4 is 5.32 Å². The summed E-state index contributed by atoms with van der Waals surface area (Å²) in [6, 6.07) is 8.06. The number of hydrogen-bond donors (Lipinski definition) is 1. The van der Waals surface area contributed by atoms with Gasteiger partial charge in [-0.15, -0.1) is 11.8 Å². The highest BCUT2D eigenvalue weighted by Gasteiger charge is 2.44. The first-order valence-electron chi connectivity index (χ1n) is 9.18. The van der Waals surface area contributed by atoms with Crippen molar-refractivity contribution in [2.24, 2.45) is 0 Å². The number of carbonyl (C=O) groups excluding carboxylic acids is 2. The number of rotatable bonds is 8. The highest BCUT2D eigenvalue weighted by atomic mass is 32.2. The van der Waals surface area contributed by atoms with E-state index in [1.54, 1.807) is 24.3 Å². The maximum Gasteiger partial charge on any atom is 0.417 e. The standard InChI is InChI=1S/C20H21F3N2O5S2/c1-19(2,32(28,29)16-9-8-13(12-25-16)20(21,22)23)18(27)24-10-11-31-15-7-5-4-6-14(15)17(26)30-3/h4-9,12H,10-11H2,1-3H3,(H,24,27). The molecule has 174 valence electrons. The molecule has 2 aromatic rings. The molecular formula is C20H21F3N2O5S2. The van der Waals surface area contributed by atoms with Crippen molar-refractivity contribution in [1.29, 1.82) is 0 Å². The third-order valence-corrected chi connectivity index (χ3v) is 7.89. The van der Waals surface area contributed by atoms with Crippen molar-refractivity contribution >= 4 is 33.5 Å². The molecule has 1 aromatic carbocycles. The summed E-state index contributed by atoms with van der Waals surface area (Å²) < 4.78 is 66.4. The lowest BCUT2D eigenvalue weighted by atomic mass is 10.2. The van der Waals surface area contributed by atoms with Crippen molar-refractivity contribution in [2.75, 3.05) is 19.4 Å². The molecule has 0 aliphatic rings. The Labute approximate surface area is 187 Å². The van der Waals surface area contributed by atoms with Gasteiger partial charge >= 0.3 is 12.1 Å². The van der Waals surface area contributed by atoms with Crippen LogP contribution in [0.2, 0.25) is 0 Å². The SMILES string of the molecule is COC(=O)c1ccccc1SCCNC(=O)C(C)(C)S(=O)(=O)c1ccc(C(F)(F)F)cn1. The largest absolute Gasteiger partial charge is 0.465 e. The Bertz CT molecular complexity index is 1090. The van der Waals surface area contributed by atoms with Gasteiger partial charge in [-0.3, -0.25) is 4.79 Å². The number of halogens is 3. The Morgan fingerprint density at radius 3 is 2.34 bits per heavy atom. The fourth-order valence-electron chi connectivity index (χ4n) is 2.50. The molecule has 0 saturated heterocycles. The molecular weight excluding hydrogens is 469 g/mol. The van der Waals surface area contributed by atoms with E-state index in [1.807, 2.05) is 0 Å². The van der Waals surface area contributed by atoms with Gasteiger partial charge in [0.25, 0.3) is 0 Å². The molecule has 32 heavy (non-hydrogen) atoms. The van der Waals surface area contributed by atoms with Crippen LogP contribution in [0.3, 0.4) is 0 Å². The van der Waals surface area contributed by atoms with E-state index in [0.29, 0.717) is 28.5 Å². The topological polar surface area (TPSA) is 102 Å². The van der Waals surface area contributed by atoms with Crippen LogP contribution in [0.1, 0.15) is 29.8 Å². The first-order chi connectivity index (χ1) is 14.8. The zero-order valence-corrected chi connectivity index (χ0v) is 19.0. The molecule has 0 saturated carbocycles. The number of carbonyl (C=O) groups is 2. The lowest BCUT2D eigenvalue weighted by Crippen LogP contribution is -2.48. The molecule has 1 N–H and O–H groups in total. The summed E-state index contributed by atoms with van der Waals surface area (Å²) in [7, 11) is -3.11. The summed E-state index contributed by atoms with van der Waals surface area (Å²) in [4.78, 5) is 28.4. The average molecular weight is 491 g/mol. The molecule has 0 aliphatic heterocycles. The van der Waals surface area contributed by atoms with Gasteiger partial charge in [0, 0.05) is 23.4 Å². The number of methoxy groups -OCH3 is 1. The first-order valence-corrected chi connectivity index (χ1v) is 11.7. The molecule has 0 unspecified atom stereocenters. The Kier molecular flexibility index (Phi) is 7.94. The molecule has 0 radical (unpaired) electrons. The molecule has 1 aromatic heterocycles. The Balaban J connectivity index is 2.04. The molecule has 12 heteroatoms. The molecule has 0 bridgehead atoms. The van der Waals surface area contributed by atoms with Crippen LogP contribution >= 0.6 is 11.8 Å². The molecule has 0 atom stereocenters. The minimum absolute atomic E-state index is 0.0817. The maximum atomic E-state index is 12.8. The van der Waals surface area contributed by atoms with E-state index in [4.69, 9.17) is 4.74 Å². The van der Waals surface area contributed by atoms with E-state index >= 15 is 0 Å². The summed E-state index contributed by atoms with van der Waals surface area (Å²) in [5.41, 5.74) is -0.731. The van der Waals surface area contributed by atoms with E-state index in [2.05, 4.69) is 10.3 Å². The number of sulfone groups is 1. The third-order valence-electron chi connectivity index (χ3n) is 4.50. The fraction of sp³-hybridized carbons (Fsp3) is 0.350. The van der Waals surface area contributed by atoms with Crippen molar-refractivity contribution in [3.63, 3.8) is 0 Å². The minimum Gasteiger partial charge on any atom is -0.465 e. The number of pyridine rings is 1. The number of amides is 1. The lowest BCUT2D eigenvalue weighted by Gasteiger charge is -2.23. The second kappa shape index (κ2) is 9.90. The average Bonchev–Trinajstić information content (AvgIpc) is 2.75. The third kappa shape index (κ3) is 5.60. The second-order valence-electron chi connectivity index (χ2n) is 6.99. The summed E-state index contributed by atoms with van der Waals surface area (Å²) in [6.45, 7) is 2.38. The van der Waals surface area contributed by atoms with Crippen LogP contribution in [0.5, 0.6) is 0 Å². The van der Waals surface area contributed by atoms with Crippen LogP contribution in [-0.2, 0) is 25.5 Å². The predicted molar refractivity (Wildman–Crippen MR) is 112 cm³/mol. The van der Waals surface area contributed by atoms with Gasteiger partial charge in [-0.1, -0.05) is 12.1 Å². The number of aromatic nitrogens is 1. The van der Waals surface area contributed by atoms with Gasteiger partial charge in [0.05, 0.1) is 18.2 Å².